The highest BCUT2D eigenvalue weighted by atomic mass is 32.1. The summed E-state index contributed by atoms with van der Waals surface area (Å²) < 4.78 is 42.4. The maximum absolute atomic E-state index is 13.0. The van der Waals surface area contributed by atoms with E-state index in [0.717, 1.165) is 39.5 Å². The molecule has 4 aromatic rings. The molecule has 0 fully saturated rings. The molecule has 1 aliphatic rings. The second-order valence-corrected chi connectivity index (χ2v) is 9.42. The summed E-state index contributed by atoms with van der Waals surface area (Å²) in [4.78, 5) is 15.6. The smallest absolute Gasteiger partial charge is 0.338 e. The topological polar surface area (TPSA) is 64.7 Å². The quantitative estimate of drug-likeness (QED) is 0.417. The summed E-state index contributed by atoms with van der Waals surface area (Å²) in [6.07, 6.45) is -0.0981. The third-order valence-corrected chi connectivity index (χ3v) is 6.81. The molecule has 0 spiro atoms. The molecule has 0 radical (unpaired) electrons. The monoisotopic (exact) mass is 473 g/mol. The first-order chi connectivity index (χ1) is 15.6. The number of fused-ring (bicyclic) bond motifs is 1. The van der Waals surface area contributed by atoms with Crippen molar-refractivity contribution in [3.8, 4) is 22.0 Å². The summed E-state index contributed by atoms with van der Waals surface area (Å²) in [7, 11) is 3.48. The van der Waals surface area contributed by atoms with Crippen molar-refractivity contribution >= 4 is 16.5 Å². The molecule has 0 aromatic carbocycles. The van der Waals surface area contributed by atoms with E-state index in [9.17, 15) is 13.2 Å². The largest absolute Gasteiger partial charge is 0.434 e. The number of rotatable bonds is 4. The van der Waals surface area contributed by atoms with Gasteiger partial charge >= 0.3 is 6.18 Å². The van der Waals surface area contributed by atoms with E-state index in [-0.39, 0.29) is 11.7 Å². The van der Waals surface area contributed by atoms with E-state index in [4.69, 9.17) is 5.10 Å². The fraction of sp³-hybridized carbons (Fsp3) is 0.364. The summed E-state index contributed by atoms with van der Waals surface area (Å²) in [5, 5.41) is 5.51. The van der Waals surface area contributed by atoms with Gasteiger partial charge in [0.1, 0.15) is 0 Å². The molecule has 5 heterocycles. The van der Waals surface area contributed by atoms with E-state index >= 15 is 0 Å². The Labute approximate surface area is 192 Å². The lowest BCUT2D eigenvalue weighted by Gasteiger charge is -2.15. The van der Waals surface area contributed by atoms with Gasteiger partial charge in [0.25, 0.3) is 0 Å². The van der Waals surface area contributed by atoms with E-state index in [1.807, 2.05) is 17.8 Å². The minimum absolute atomic E-state index is 0.252. The number of thiazole rings is 1. The minimum Gasteiger partial charge on any atom is -0.338 e. The van der Waals surface area contributed by atoms with Crippen molar-refractivity contribution in [2.24, 2.45) is 14.1 Å². The van der Waals surface area contributed by atoms with Crippen molar-refractivity contribution in [2.45, 2.75) is 39.0 Å². The summed E-state index contributed by atoms with van der Waals surface area (Å²) >= 11 is 1.33. The first-order valence-electron chi connectivity index (χ1n) is 10.4. The van der Waals surface area contributed by atoms with Crippen molar-refractivity contribution in [1.29, 1.82) is 0 Å². The Morgan fingerprint density at radius 1 is 1.12 bits per heavy atom. The molecular formula is C22H22F3N7S. The Morgan fingerprint density at radius 2 is 1.91 bits per heavy atom. The molecule has 0 N–H and O–H groups in total. The molecule has 11 heteroatoms. The molecule has 5 rings (SSSR count). The van der Waals surface area contributed by atoms with Crippen LogP contribution in [-0.2, 0) is 33.4 Å². The van der Waals surface area contributed by atoms with Gasteiger partial charge in [0, 0.05) is 44.2 Å². The van der Waals surface area contributed by atoms with Gasteiger partial charge in [-0.3, -0.25) is 9.67 Å². The number of aromatic nitrogens is 6. The number of imidazole rings is 1. The number of alkyl halides is 3. The van der Waals surface area contributed by atoms with Crippen LogP contribution >= 0.6 is 11.3 Å². The fourth-order valence-corrected chi connectivity index (χ4v) is 5.12. The standard InChI is InChI=1S/C22H22F3N7S/c1-12(2)18-13(6-5-7-26-18)19-14-9-32(10-15(14)31(4)29-19)21-27-8-16(33-21)20-28-17(11-30(20)3)22(23,24)25/h5-8,11-12H,9-10H2,1-4H3. The van der Waals surface area contributed by atoms with Gasteiger partial charge < -0.3 is 9.47 Å². The van der Waals surface area contributed by atoms with Crippen LogP contribution in [0, 0.1) is 0 Å². The van der Waals surface area contributed by atoms with Crippen molar-refractivity contribution in [3.63, 3.8) is 0 Å². The summed E-state index contributed by atoms with van der Waals surface area (Å²) in [5.74, 6) is 0.513. The molecule has 0 amide bonds. The zero-order valence-corrected chi connectivity index (χ0v) is 19.4. The molecule has 0 atom stereocenters. The molecule has 1 aliphatic heterocycles. The highest BCUT2D eigenvalue weighted by Crippen LogP contribution is 2.40. The van der Waals surface area contributed by atoms with Crippen LogP contribution in [0.5, 0.6) is 0 Å². The van der Waals surface area contributed by atoms with Gasteiger partial charge in [0.05, 0.1) is 34.7 Å². The number of hydrogen-bond acceptors (Lipinski definition) is 6. The van der Waals surface area contributed by atoms with E-state index in [1.54, 1.807) is 19.4 Å². The third-order valence-electron chi connectivity index (χ3n) is 5.76. The molecule has 4 aromatic heterocycles. The van der Waals surface area contributed by atoms with Crippen LogP contribution in [0.25, 0.3) is 22.0 Å². The highest BCUT2D eigenvalue weighted by Gasteiger charge is 2.35. The average Bonchev–Trinajstić information content (AvgIpc) is 3.51. The van der Waals surface area contributed by atoms with Crippen molar-refractivity contribution < 1.29 is 13.2 Å². The minimum atomic E-state index is -4.48. The third kappa shape index (κ3) is 3.69. The highest BCUT2D eigenvalue weighted by molar-refractivity contribution is 7.18. The zero-order valence-electron chi connectivity index (χ0n) is 18.6. The van der Waals surface area contributed by atoms with Crippen LogP contribution < -0.4 is 4.90 Å². The Kier molecular flexibility index (Phi) is 5.04. The van der Waals surface area contributed by atoms with Gasteiger partial charge in [-0.15, -0.1) is 0 Å². The number of halogens is 3. The Balaban J connectivity index is 1.45. The molecule has 33 heavy (non-hydrogen) atoms. The van der Waals surface area contributed by atoms with Crippen molar-refractivity contribution in [2.75, 3.05) is 4.90 Å². The van der Waals surface area contributed by atoms with E-state index < -0.39 is 11.9 Å². The molecule has 0 bridgehead atoms. The van der Waals surface area contributed by atoms with Gasteiger partial charge in [0.2, 0.25) is 0 Å². The lowest BCUT2D eigenvalue weighted by atomic mass is 9.99. The zero-order chi connectivity index (χ0) is 23.5. The number of anilines is 1. The number of hydrogen-bond donors (Lipinski definition) is 0. The first kappa shape index (κ1) is 21.6. The Hall–Kier alpha value is -3.21. The fourth-order valence-electron chi connectivity index (χ4n) is 4.17. The Morgan fingerprint density at radius 3 is 2.61 bits per heavy atom. The van der Waals surface area contributed by atoms with E-state index in [1.165, 1.54) is 15.9 Å². The van der Waals surface area contributed by atoms with Crippen molar-refractivity contribution in [1.82, 2.24) is 29.3 Å². The maximum atomic E-state index is 13.0. The van der Waals surface area contributed by atoms with Gasteiger partial charge in [0.15, 0.2) is 16.6 Å². The SMILES string of the molecule is CC(C)c1ncccc1-c1nn(C)c2c1CN(c1ncc(-c3nc(C(F)(F)F)cn3C)s1)C2. The summed E-state index contributed by atoms with van der Waals surface area (Å²) in [6, 6.07) is 3.97. The number of nitrogens with zero attached hydrogens (tertiary/aromatic N) is 7. The van der Waals surface area contributed by atoms with Crippen molar-refractivity contribution in [3.05, 3.63) is 53.4 Å². The average molecular weight is 474 g/mol. The van der Waals surface area contributed by atoms with Gasteiger partial charge in [-0.25, -0.2) is 9.97 Å². The predicted octanol–water partition coefficient (Wildman–Crippen LogP) is 5.00. The van der Waals surface area contributed by atoms with Gasteiger partial charge in [-0.2, -0.15) is 18.3 Å². The number of pyridine rings is 1. The second kappa shape index (κ2) is 7.68. The van der Waals surface area contributed by atoms with Crippen LogP contribution in [0.15, 0.2) is 30.7 Å². The van der Waals surface area contributed by atoms with Gasteiger partial charge in [-0.1, -0.05) is 25.2 Å². The van der Waals surface area contributed by atoms with E-state index in [2.05, 4.69) is 39.8 Å². The summed E-state index contributed by atoms with van der Waals surface area (Å²) in [5.41, 5.74) is 4.26. The van der Waals surface area contributed by atoms with E-state index in [0.29, 0.717) is 18.0 Å². The molecule has 172 valence electrons. The van der Waals surface area contributed by atoms with Crippen LogP contribution in [0.4, 0.5) is 18.3 Å². The Bertz CT molecular complexity index is 1330. The second-order valence-electron chi connectivity index (χ2n) is 8.41. The molecule has 7 nitrogen and oxygen atoms in total. The molecule has 0 saturated carbocycles. The lowest BCUT2D eigenvalue weighted by Crippen LogP contribution is -2.16. The normalized spacial score (nSPS) is 13.9. The number of aryl methyl sites for hydroxylation is 2. The molecule has 0 unspecified atom stereocenters. The van der Waals surface area contributed by atoms with Gasteiger partial charge in [-0.05, 0) is 18.1 Å². The lowest BCUT2D eigenvalue weighted by molar-refractivity contribution is -0.140. The van der Waals surface area contributed by atoms with Crippen LogP contribution in [0.1, 0.15) is 42.4 Å². The first-order valence-corrected chi connectivity index (χ1v) is 11.3. The maximum Gasteiger partial charge on any atom is 0.434 e. The van der Waals surface area contributed by atoms with Crippen LogP contribution in [0.2, 0.25) is 0 Å². The predicted molar refractivity (Wildman–Crippen MR) is 120 cm³/mol. The summed E-state index contributed by atoms with van der Waals surface area (Å²) in [6.45, 7) is 5.46. The molecular weight excluding hydrogens is 451 g/mol. The molecule has 0 saturated heterocycles. The molecule has 0 aliphatic carbocycles. The van der Waals surface area contributed by atoms with Crippen LogP contribution in [-0.4, -0.2) is 29.3 Å². The van der Waals surface area contributed by atoms with Crippen LogP contribution in [0.3, 0.4) is 0 Å².